The van der Waals surface area contributed by atoms with Gasteiger partial charge in [-0.25, -0.2) is 4.39 Å². The molecule has 0 heterocycles. The van der Waals surface area contributed by atoms with Crippen molar-refractivity contribution in [1.29, 1.82) is 0 Å². The summed E-state index contributed by atoms with van der Waals surface area (Å²) < 4.78 is 19.5. The maximum atomic E-state index is 13.5. The van der Waals surface area contributed by atoms with E-state index in [0.29, 0.717) is 11.8 Å². The Morgan fingerprint density at radius 2 is 1.91 bits per heavy atom. The molecular weight excluding hydrogens is 423 g/mol. The molecule has 4 rings (SSSR count). The van der Waals surface area contributed by atoms with E-state index in [0.717, 1.165) is 69.1 Å². The summed E-state index contributed by atoms with van der Waals surface area (Å²) in [5, 5.41) is 10.2. The molecule has 4 atom stereocenters. The number of methoxy groups -OCH3 is 1. The van der Waals surface area contributed by atoms with Gasteiger partial charge in [0.15, 0.2) is 0 Å². The van der Waals surface area contributed by atoms with Gasteiger partial charge in [0.05, 0.1) is 19.0 Å². The van der Waals surface area contributed by atoms with Crippen molar-refractivity contribution in [1.82, 2.24) is 0 Å². The van der Waals surface area contributed by atoms with Crippen LogP contribution in [0.1, 0.15) is 89.0 Å². The standard InChI is InChI=1S/C31H41FO2/c1-3-9-28(33)13-8-7-12-24-18-25(22-10-5-4-6-11-22)20-30-29(24)19-26(21-31(30)34-2)23-14-16-27(32)17-15-23/h4-5,14-18,21-22,26,28,30,33H,3,6-13,19-20H2,1-2H3. The van der Waals surface area contributed by atoms with E-state index in [4.69, 9.17) is 4.74 Å². The van der Waals surface area contributed by atoms with Gasteiger partial charge in [-0.05, 0) is 93.1 Å². The second-order valence-electron chi connectivity index (χ2n) is 10.3. The van der Waals surface area contributed by atoms with Crippen LogP contribution < -0.4 is 0 Å². The SMILES string of the molecule is CCCC(O)CCCCC1=C2CC(c3ccc(F)cc3)C=C(OC)C2CC(C2CC=CCC2)=C1. The van der Waals surface area contributed by atoms with E-state index in [1.165, 1.54) is 24.0 Å². The van der Waals surface area contributed by atoms with Gasteiger partial charge in [0.25, 0.3) is 0 Å². The number of unbranched alkanes of at least 4 members (excludes halogenated alkanes) is 1. The maximum absolute atomic E-state index is 13.5. The molecule has 3 aliphatic rings. The largest absolute Gasteiger partial charge is 0.501 e. The van der Waals surface area contributed by atoms with Gasteiger partial charge in [0.2, 0.25) is 0 Å². The normalized spacial score (nSPS) is 25.5. The van der Waals surface area contributed by atoms with Crippen molar-refractivity contribution in [3.63, 3.8) is 0 Å². The molecule has 0 spiro atoms. The van der Waals surface area contributed by atoms with Crippen molar-refractivity contribution >= 4 is 0 Å². The predicted molar refractivity (Wildman–Crippen MR) is 138 cm³/mol. The van der Waals surface area contributed by atoms with Crippen LogP contribution in [-0.4, -0.2) is 18.3 Å². The summed E-state index contributed by atoms with van der Waals surface area (Å²) >= 11 is 0. The molecule has 0 saturated heterocycles. The summed E-state index contributed by atoms with van der Waals surface area (Å²) in [6, 6.07) is 6.96. The average molecular weight is 465 g/mol. The maximum Gasteiger partial charge on any atom is 0.123 e. The Morgan fingerprint density at radius 1 is 1.09 bits per heavy atom. The third-order valence-corrected chi connectivity index (χ3v) is 7.96. The summed E-state index contributed by atoms with van der Waals surface area (Å²) in [6.07, 6.45) is 21.0. The number of aliphatic hydroxyl groups is 1. The van der Waals surface area contributed by atoms with Crippen molar-refractivity contribution in [2.45, 2.75) is 89.6 Å². The Labute approximate surface area is 205 Å². The van der Waals surface area contributed by atoms with Gasteiger partial charge in [-0.2, -0.15) is 0 Å². The van der Waals surface area contributed by atoms with E-state index in [1.807, 2.05) is 12.1 Å². The van der Waals surface area contributed by atoms with Gasteiger partial charge in [-0.1, -0.05) is 61.3 Å². The third kappa shape index (κ3) is 6.10. The summed E-state index contributed by atoms with van der Waals surface area (Å²) in [4.78, 5) is 0. The minimum Gasteiger partial charge on any atom is -0.501 e. The molecule has 1 aromatic rings. The monoisotopic (exact) mass is 464 g/mol. The van der Waals surface area contributed by atoms with Crippen LogP contribution >= 0.6 is 0 Å². The zero-order chi connectivity index (χ0) is 23.9. The van der Waals surface area contributed by atoms with E-state index < -0.39 is 0 Å². The van der Waals surface area contributed by atoms with Crippen molar-refractivity contribution in [2.75, 3.05) is 7.11 Å². The first kappa shape index (κ1) is 25.0. The molecule has 0 radical (unpaired) electrons. The summed E-state index contributed by atoms with van der Waals surface area (Å²) in [5.41, 5.74) is 5.73. The van der Waals surface area contributed by atoms with Gasteiger partial charge in [0.1, 0.15) is 5.82 Å². The molecular formula is C31H41FO2. The Hall–Kier alpha value is -2.13. The minimum atomic E-state index is -0.190. The lowest BCUT2D eigenvalue weighted by Crippen LogP contribution is -2.24. The van der Waals surface area contributed by atoms with Crippen LogP contribution in [0.4, 0.5) is 4.39 Å². The Balaban J connectivity index is 1.59. The van der Waals surface area contributed by atoms with Crippen LogP contribution in [0.5, 0.6) is 0 Å². The van der Waals surface area contributed by atoms with Crippen molar-refractivity contribution in [2.24, 2.45) is 11.8 Å². The number of ether oxygens (including phenoxy) is 1. The first-order chi connectivity index (χ1) is 16.6. The summed E-state index contributed by atoms with van der Waals surface area (Å²) in [7, 11) is 1.80. The highest BCUT2D eigenvalue weighted by Crippen LogP contribution is 2.48. The molecule has 4 unspecified atom stereocenters. The second kappa shape index (κ2) is 12.0. The first-order valence-electron chi connectivity index (χ1n) is 13.4. The van der Waals surface area contributed by atoms with Crippen LogP contribution in [0.3, 0.4) is 0 Å². The quantitative estimate of drug-likeness (QED) is 0.279. The highest BCUT2D eigenvalue weighted by Gasteiger charge is 2.35. The predicted octanol–water partition coefficient (Wildman–Crippen LogP) is 8.16. The highest BCUT2D eigenvalue weighted by atomic mass is 19.1. The number of allylic oxidation sites excluding steroid dienone is 7. The first-order valence-corrected chi connectivity index (χ1v) is 13.4. The molecule has 2 nitrogen and oxygen atoms in total. The molecule has 1 N–H and O–H groups in total. The van der Waals surface area contributed by atoms with Gasteiger partial charge in [-0.3, -0.25) is 0 Å². The molecule has 34 heavy (non-hydrogen) atoms. The number of hydrogen-bond donors (Lipinski definition) is 1. The topological polar surface area (TPSA) is 29.5 Å². The van der Waals surface area contributed by atoms with E-state index in [2.05, 4.69) is 31.2 Å². The van der Waals surface area contributed by atoms with Crippen molar-refractivity contribution in [3.8, 4) is 0 Å². The molecule has 0 aliphatic heterocycles. The van der Waals surface area contributed by atoms with Gasteiger partial charge < -0.3 is 9.84 Å². The summed E-state index contributed by atoms with van der Waals surface area (Å²) in [5.74, 6) is 2.07. The van der Waals surface area contributed by atoms with Gasteiger partial charge in [0, 0.05) is 11.8 Å². The van der Waals surface area contributed by atoms with Crippen LogP contribution in [-0.2, 0) is 4.74 Å². The second-order valence-corrected chi connectivity index (χ2v) is 10.3. The minimum absolute atomic E-state index is 0.164. The molecule has 0 saturated carbocycles. The van der Waals surface area contributed by atoms with E-state index in [9.17, 15) is 9.50 Å². The third-order valence-electron chi connectivity index (χ3n) is 7.96. The zero-order valence-corrected chi connectivity index (χ0v) is 20.9. The lowest BCUT2D eigenvalue weighted by molar-refractivity contribution is 0.150. The van der Waals surface area contributed by atoms with Crippen LogP contribution in [0.2, 0.25) is 0 Å². The van der Waals surface area contributed by atoms with Crippen LogP contribution in [0.15, 0.2) is 71.0 Å². The Bertz CT molecular complexity index is 937. The van der Waals surface area contributed by atoms with E-state index in [1.54, 1.807) is 24.8 Å². The Kier molecular flexibility index (Phi) is 8.83. The number of fused-ring (bicyclic) bond motifs is 1. The molecule has 0 fully saturated rings. The molecule has 3 aliphatic carbocycles. The van der Waals surface area contributed by atoms with Crippen LogP contribution in [0.25, 0.3) is 0 Å². The number of rotatable bonds is 10. The number of aliphatic hydroxyl groups excluding tert-OH is 1. The van der Waals surface area contributed by atoms with Crippen molar-refractivity contribution in [3.05, 3.63) is 82.4 Å². The van der Waals surface area contributed by atoms with Crippen molar-refractivity contribution < 1.29 is 14.2 Å². The fraction of sp³-hybridized carbons (Fsp3) is 0.548. The van der Waals surface area contributed by atoms with Gasteiger partial charge >= 0.3 is 0 Å². The average Bonchev–Trinajstić information content (AvgIpc) is 2.87. The number of benzene rings is 1. The molecule has 3 heteroatoms. The number of hydrogen-bond acceptors (Lipinski definition) is 2. The summed E-state index contributed by atoms with van der Waals surface area (Å²) in [6.45, 7) is 2.13. The molecule has 184 valence electrons. The Morgan fingerprint density at radius 3 is 2.62 bits per heavy atom. The number of halogens is 1. The molecule has 1 aromatic carbocycles. The zero-order valence-electron chi connectivity index (χ0n) is 20.9. The highest BCUT2D eigenvalue weighted by molar-refractivity contribution is 5.45. The lowest BCUT2D eigenvalue weighted by Gasteiger charge is -2.38. The van der Waals surface area contributed by atoms with E-state index >= 15 is 0 Å². The smallest absolute Gasteiger partial charge is 0.123 e. The molecule has 0 bridgehead atoms. The molecule has 0 amide bonds. The fourth-order valence-corrected chi connectivity index (χ4v) is 6.07. The van der Waals surface area contributed by atoms with Crippen LogP contribution in [0, 0.1) is 17.7 Å². The van der Waals surface area contributed by atoms with Gasteiger partial charge in [-0.15, -0.1) is 0 Å². The van der Waals surface area contributed by atoms with E-state index in [-0.39, 0.29) is 17.8 Å². The lowest BCUT2D eigenvalue weighted by atomic mass is 9.69. The molecule has 0 aromatic heterocycles. The fourth-order valence-electron chi connectivity index (χ4n) is 6.07.